The van der Waals surface area contributed by atoms with E-state index in [9.17, 15) is 8.42 Å². The van der Waals surface area contributed by atoms with Crippen LogP contribution < -0.4 is 4.72 Å². The molecule has 1 aliphatic rings. The lowest BCUT2D eigenvalue weighted by molar-refractivity contribution is 0.418. The van der Waals surface area contributed by atoms with Crippen LogP contribution in [0.5, 0.6) is 0 Å². The Labute approximate surface area is 108 Å². The highest BCUT2D eigenvalue weighted by atomic mass is 32.2. The monoisotopic (exact) mass is 276 g/mol. The van der Waals surface area contributed by atoms with Gasteiger partial charge in [0.05, 0.1) is 6.07 Å². The average molecular weight is 276 g/mol. The van der Waals surface area contributed by atoms with Gasteiger partial charge in [-0.15, -0.1) is 0 Å². The molecule has 1 rings (SSSR count). The van der Waals surface area contributed by atoms with E-state index < -0.39 is 15.3 Å². The van der Waals surface area contributed by atoms with Crippen molar-refractivity contribution in [2.24, 2.45) is 0 Å². The highest BCUT2D eigenvalue weighted by Gasteiger charge is 2.29. The summed E-state index contributed by atoms with van der Waals surface area (Å²) >= 11 is 1.85. The van der Waals surface area contributed by atoms with Crippen molar-refractivity contribution in [2.45, 2.75) is 55.6 Å². The van der Waals surface area contributed by atoms with Crippen molar-refractivity contribution in [2.75, 3.05) is 6.26 Å². The summed E-state index contributed by atoms with van der Waals surface area (Å²) in [5.74, 6) is 0. The molecule has 17 heavy (non-hydrogen) atoms. The van der Waals surface area contributed by atoms with Gasteiger partial charge < -0.3 is 0 Å². The molecule has 0 heterocycles. The molecule has 4 nitrogen and oxygen atoms in total. The molecule has 1 fully saturated rings. The summed E-state index contributed by atoms with van der Waals surface area (Å²) in [6.07, 6.45) is 6.30. The van der Waals surface area contributed by atoms with Gasteiger partial charge in [0.1, 0.15) is 0 Å². The SMILES string of the molecule is CCC(C#N)S(=O)(=O)NC1CCC(SC)CC1. The van der Waals surface area contributed by atoms with Gasteiger partial charge in [0.2, 0.25) is 10.0 Å². The minimum atomic E-state index is -3.46. The van der Waals surface area contributed by atoms with Gasteiger partial charge in [0.25, 0.3) is 0 Å². The van der Waals surface area contributed by atoms with Crippen molar-refractivity contribution in [3.63, 3.8) is 0 Å². The van der Waals surface area contributed by atoms with Crippen molar-refractivity contribution in [3.8, 4) is 6.07 Å². The second-order valence-electron chi connectivity index (χ2n) is 4.40. The smallest absolute Gasteiger partial charge is 0.211 e. The van der Waals surface area contributed by atoms with E-state index in [4.69, 9.17) is 5.26 Å². The van der Waals surface area contributed by atoms with E-state index in [0.29, 0.717) is 11.7 Å². The van der Waals surface area contributed by atoms with Gasteiger partial charge in [0.15, 0.2) is 5.25 Å². The first-order chi connectivity index (χ1) is 8.03. The van der Waals surface area contributed by atoms with Crippen LogP contribution in [0.15, 0.2) is 0 Å². The van der Waals surface area contributed by atoms with E-state index in [1.807, 2.05) is 17.8 Å². The number of rotatable bonds is 5. The summed E-state index contributed by atoms with van der Waals surface area (Å²) < 4.78 is 26.4. The number of nitrogens with one attached hydrogen (secondary N) is 1. The van der Waals surface area contributed by atoms with Gasteiger partial charge in [0, 0.05) is 11.3 Å². The molecule has 0 spiro atoms. The fourth-order valence-electron chi connectivity index (χ4n) is 2.11. The third-order valence-corrected chi connectivity index (χ3v) is 6.22. The summed E-state index contributed by atoms with van der Waals surface area (Å²) in [6.45, 7) is 1.72. The Morgan fingerprint density at radius 2 is 2.00 bits per heavy atom. The summed E-state index contributed by atoms with van der Waals surface area (Å²) in [6, 6.07) is 1.87. The molecule has 1 unspecified atom stereocenters. The van der Waals surface area contributed by atoms with Gasteiger partial charge in [-0.25, -0.2) is 13.1 Å². The summed E-state index contributed by atoms with van der Waals surface area (Å²) in [7, 11) is -3.46. The van der Waals surface area contributed by atoms with Crippen LogP contribution >= 0.6 is 11.8 Å². The maximum absolute atomic E-state index is 11.9. The van der Waals surface area contributed by atoms with E-state index in [-0.39, 0.29) is 6.04 Å². The fraction of sp³-hybridized carbons (Fsp3) is 0.909. The Kier molecular flexibility index (Phi) is 5.77. The molecule has 1 atom stereocenters. The van der Waals surface area contributed by atoms with Crippen molar-refractivity contribution in [1.29, 1.82) is 5.26 Å². The molecule has 0 aromatic rings. The van der Waals surface area contributed by atoms with Gasteiger partial charge in [-0.05, 0) is 38.4 Å². The van der Waals surface area contributed by atoms with Crippen LogP contribution in [0.4, 0.5) is 0 Å². The molecule has 1 N–H and O–H groups in total. The third kappa shape index (κ3) is 4.16. The van der Waals surface area contributed by atoms with Crippen LogP contribution in [0.25, 0.3) is 0 Å². The normalized spacial score (nSPS) is 27.4. The number of nitrogens with zero attached hydrogens (tertiary/aromatic N) is 1. The number of sulfonamides is 1. The fourth-order valence-corrected chi connectivity index (χ4v) is 4.30. The Balaban J connectivity index is 2.53. The van der Waals surface area contributed by atoms with Crippen LogP contribution in [0.3, 0.4) is 0 Å². The zero-order valence-corrected chi connectivity index (χ0v) is 12.0. The molecule has 0 aliphatic heterocycles. The van der Waals surface area contributed by atoms with Crippen LogP contribution in [0.1, 0.15) is 39.0 Å². The Morgan fingerprint density at radius 3 is 2.41 bits per heavy atom. The summed E-state index contributed by atoms with van der Waals surface area (Å²) in [4.78, 5) is 0. The van der Waals surface area contributed by atoms with E-state index >= 15 is 0 Å². The Hall–Kier alpha value is -0.250. The summed E-state index contributed by atoms with van der Waals surface area (Å²) in [5.41, 5.74) is 0. The van der Waals surface area contributed by atoms with E-state index in [0.717, 1.165) is 25.7 Å². The molecule has 0 saturated heterocycles. The van der Waals surface area contributed by atoms with Crippen LogP contribution in [0.2, 0.25) is 0 Å². The maximum atomic E-state index is 11.9. The standard InChI is InChI=1S/C11H20N2O2S2/c1-3-11(8-12)17(14,15)13-9-4-6-10(16-2)7-5-9/h9-11,13H,3-7H2,1-2H3. The second-order valence-corrected chi connectivity index (χ2v) is 7.43. The van der Waals surface area contributed by atoms with E-state index in [2.05, 4.69) is 11.0 Å². The van der Waals surface area contributed by atoms with Crippen LogP contribution in [-0.4, -0.2) is 31.2 Å². The van der Waals surface area contributed by atoms with Gasteiger partial charge in [-0.3, -0.25) is 0 Å². The number of hydrogen-bond acceptors (Lipinski definition) is 4. The Bertz CT molecular complexity index is 367. The van der Waals surface area contributed by atoms with Gasteiger partial charge in [-0.2, -0.15) is 17.0 Å². The van der Waals surface area contributed by atoms with Gasteiger partial charge in [-0.1, -0.05) is 6.92 Å². The average Bonchev–Trinajstić information content (AvgIpc) is 2.30. The molecule has 1 aliphatic carbocycles. The largest absolute Gasteiger partial charge is 0.228 e. The highest BCUT2D eigenvalue weighted by molar-refractivity contribution is 7.99. The molecule has 6 heteroatoms. The molecule has 0 aromatic heterocycles. The quantitative estimate of drug-likeness (QED) is 0.832. The maximum Gasteiger partial charge on any atom is 0.228 e. The number of hydrogen-bond donors (Lipinski definition) is 1. The van der Waals surface area contributed by atoms with Crippen molar-refractivity contribution in [3.05, 3.63) is 0 Å². The molecule has 0 radical (unpaired) electrons. The number of thioether (sulfide) groups is 1. The van der Waals surface area contributed by atoms with E-state index in [1.54, 1.807) is 6.92 Å². The topological polar surface area (TPSA) is 70.0 Å². The molecule has 98 valence electrons. The minimum absolute atomic E-state index is 0.0193. The molecule has 0 amide bonds. The zero-order chi connectivity index (χ0) is 12.9. The molecular weight excluding hydrogens is 256 g/mol. The zero-order valence-electron chi connectivity index (χ0n) is 10.3. The van der Waals surface area contributed by atoms with Crippen LogP contribution in [0, 0.1) is 11.3 Å². The lowest BCUT2D eigenvalue weighted by Gasteiger charge is -2.28. The van der Waals surface area contributed by atoms with Crippen molar-refractivity contribution >= 4 is 21.8 Å². The minimum Gasteiger partial charge on any atom is -0.211 e. The predicted molar refractivity (Wildman–Crippen MR) is 71.3 cm³/mol. The summed E-state index contributed by atoms with van der Waals surface area (Å²) in [5, 5.41) is 8.54. The molecule has 0 aromatic carbocycles. The first-order valence-electron chi connectivity index (χ1n) is 5.97. The van der Waals surface area contributed by atoms with Crippen LogP contribution in [-0.2, 0) is 10.0 Å². The lowest BCUT2D eigenvalue weighted by atomic mass is 9.96. The Morgan fingerprint density at radius 1 is 1.41 bits per heavy atom. The third-order valence-electron chi connectivity index (χ3n) is 3.23. The lowest BCUT2D eigenvalue weighted by Crippen LogP contribution is -2.42. The molecule has 0 bridgehead atoms. The highest BCUT2D eigenvalue weighted by Crippen LogP contribution is 2.27. The molecular formula is C11H20N2O2S2. The predicted octanol–water partition coefficient (Wildman–Crippen LogP) is 1.88. The molecule has 1 saturated carbocycles. The number of nitriles is 1. The van der Waals surface area contributed by atoms with Crippen molar-refractivity contribution < 1.29 is 8.42 Å². The second kappa shape index (κ2) is 6.62. The first kappa shape index (κ1) is 14.8. The first-order valence-corrected chi connectivity index (χ1v) is 8.80. The van der Waals surface area contributed by atoms with E-state index in [1.165, 1.54) is 0 Å². The van der Waals surface area contributed by atoms with Crippen molar-refractivity contribution in [1.82, 2.24) is 4.72 Å². The van der Waals surface area contributed by atoms with Gasteiger partial charge >= 0.3 is 0 Å².